The molecule has 0 bridgehead atoms. The summed E-state index contributed by atoms with van der Waals surface area (Å²) >= 11 is 0. The van der Waals surface area contributed by atoms with Crippen molar-refractivity contribution in [2.75, 3.05) is 32.7 Å². The van der Waals surface area contributed by atoms with Crippen molar-refractivity contribution in [1.29, 1.82) is 0 Å². The van der Waals surface area contributed by atoms with Crippen LogP contribution in [-0.4, -0.2) is 45.3 Å². The van der Waals surface area contributed by atoms with Crippen LogP contribution in [0, 0.1) is 6.92 Å². The summed E-state index contributed by atoms with van der Waals surface area (Å²) in [5.41, 5.74) is 2.44. The van der Waals surface area contributed by atoms with E-state index in [0.717, 1.165) is 30.7 Å². The van der Waals surface area contributed by atoms with Crippen molar-refractivity contribution < 1.29 is 19.0 Å². The first kappa shape index (κ1) is 20.7. The molecule has 0 saturated carbocycles. The molecule has 0 aromatic heterocycles. The lowest BCUT2D eigenvalue weighted by atomic mass is 10.2. The van der Waals surface area contributed by atoms with Crippen LogP contribution in [0.15, 0.2) is 47.5 Å². The maximum atomic E-state index is 12.8. The summed E-state index contributed by atoms with van der Waals surface area (Å²) in [7, 11) is 3.09. The molecule has 1 unspecified atom stereocenters. The van der Waals surface area contributed by atoms with E-state index in [2.05, 4.69) is 15.6 Å². The van der Waals surface area contributed by atoms with Gasteiger partial charge in [-0.2, -0.15) is 0 Å². The van der Waals surface area contributed by atoms with Gasteiger partial charge in [0.15, 0.2) is 11.5 Å². The topological polar surface area (TPSA) is 81.2 Å². The lowest BCUT2D eigenvalue weighted by molar-refractivity contribution is 0.0975. The number of rotatable bonds is 6. The maximum absolute atomic E-state index is 12.8. The molecule has 2 aromatic rings. The molecule has 2 N–H and O–H groups in total. The molecule has 1 aliphatic heterocycles. The molecule has 7 nitrogen and oxygen atoms in total. The zero-order valence-corrected chi connectivity index (χ0v) is 17.0. The number of aliphatic imine (C=N–C) groups is 1. The normalized spacial score (nSPS) is 16.4. The molecule has 2 aromatic carbocycles. The Morgan fingerprint density at radius 3 is 2.55 bits per heavy atom. The highest BCUT2D eigenvalue weighted by Crippen LogP contribution is 2.27. The van der Waals surface area contributed by atoms with Crippen molar-refractivity contribution in [3.63, 3.8) is 0 Å². The summed E-state index contributed by atoms with van der Waals surface area (Å²) in [4.78, 5) is 17.4. The second-order valence-corrected chi connectivity index (χ2v) is 6.84. The highest BCUT2D eigenvalue weighted by molar-refractivity contribution is 6.10. The van der Waals surface area contributed by atoms with Crippen molar-refractivity contribution >= 4 is 17.6 Å². The fraction of sp³-hybridized carbons (Fsp3) is 0.364. The van der Waals surface area contributed by atoms with Crippen molar-refractivity contribution in [2.45, 2.75) is 25.9 Å². The predicted octanol–water partition coefficient (Wildman–Crippen LogP) is 3.39. The van der Waals surface area contributed by atoms with Gasteiger partial charge in [0, 0.05) is 17.9 Å². The molecule has 0 spiro atoms. The van der Waals surface area contributed by atoms with Crippen LogP contribution in [0.25, 0.3) is 0 Å². The molecule has 1 saturated heterocycles. The van der Waals surface area contributed by atoms with E-state index in [9.17, 15) is 4.79 Å². The quantitative estimate of drug-likeness (QED) is 0.577. The largest absolute Gasteiger partial charge is 0.493 e. The van der Waals surface area contributed by atoms with Gasteiger partial charge in [0.2, 0.25) is 5.96 Å². The van der Waals surface area contributed by atoms with Gasteiger partial charge in [-0.3, -0.25) is 10.1 Å². The van der Waals surface area contributed by atoms with Crippen molar-refractivity contribution in [3.8, 4) is 11.5 Å². The van der Waals surface area contributed by atoms with E-state index in [1.165, 1.54) is 7.11 Å². The zero-order chi connectivity index (χ0) is 20.6. The fourth-order valence-electron chi connectivity index (χ4n) is 3.02. The molecule has 1 amide bonds. The lowest BCUT2D eigenvalue weighted by Gasteiger charge is -2.14. The Bertz CT molecular complexity index is 859. The van der Waals surface area contributed by atoms with Gasteiger partial charge in [-0.1, -0.05) is 17.7 Å². The fourth-order valence-corrected chi connectivity index (χ4v) is 3.02. The van der Waals surface area contributed by atoms with Crippen LogP contribution < -0.4 is 20.1 Å². The molecule has 3 rings (SSSR count). The molecule has 1 aliphatic rings. The summed E-state index contributed by atoms with van der Waals surface area (Å²) in [6.07, 6.45) is 2.10. The molecule has 154 valence electrons. The van der Waals surface area contributed by atoms with Gasteiger partial charge in [0.25, 0.3) is 5.91 Å². The number of methoxy groups -OCH3 is 2. The van der Waals surface area contributed by atoms with E-state index < -0.39 is 0 Å². The van der Waals surface area contributed by atoms with Gasteiger partial charge in [0.1, 0.15) is 0 Å². The number of anilines is 1. The van der Waals surface area contributed by atoms with Gasteiger partial charge < -0.3 is 19.5 Å². The number of hydrogen-bond acceptors (Lipinski definition) is 5. The number of nitrogens with one attached hydrogen (secondary N) is 2. The van der Waals surface area contributed by atoms with Crippen molar-refractivity contribution in [2.24, 2.45) is 4.99 Å². The van der Waals surface area contributed by atoms with Crippen LogP contribution in [0.4, 0.5) is 5.69 Å². The Morgan fingerprint density at radius 1 is 1.14 bits per heavy atom. The van der Waals surface area contributed by atoms with Crippen molar-refractivity contribution in [1.82, 2.24) is 5.32 Å². The first-order valence-corrected chi connectivity index (χ1v) is 9.62. The third kappa shape index (κ3) is 5.71. The Morgan fingerprint density at radius 2 is 1.90 bits per heavy atom. The average molecular weight is 397 g/mol. The maximum Gasteiger partial charge on any atom is 0.258 e. The van der Waals surface area contributed by atoms with E-state index in [-0.39, 0.29) is 12.0 Å². The minimum absolute atomic E-state index is 0.0859. The molecule has 1 heterocycles. The molecule has 0 radical (unpaired) electrons. The Labute approximate surface area is 171 Å². The van der Waals surface area contributed by atoms with Crippen molar-refractivity contribution in [3.05, 3.63) is 53.6 Å². The third-order valence-corrected chi connectivity index (χ3v) is 4.67. The second-order valence-electron chi connectivity index (χ2n) is 6.84. The first-order chi connectivity index (χ1) is 14.1. The van der Waals surface area contributed by atoms with Gasteiger partial charge in [-0.15, -0.1) is 0 Å². The Hall–Kier alpha value is -3.06. The van der Waals surface area contributed by atoms with Crippen LogP contribution >= 0.6 is 0 Å². The van der Waals surface area contributed by atoms with E-state index in [1.54, 1.807) is 25.3 Å². The smallest absolute Gasteiger partial charge is 0.258 e. The molecular weight excluding hydrogens is 370 g/mol. The SMILES string of the molecule is COc1ccc(C(=O)NC(=NCC2CCCO2)Nc2ccc(C)cc2)cc1OC. The number of hydrogen-bond donors (Lipinski definition) is 2. The Balaban J connectivity index is 1.76. The number of aryl methyl sites for hydroxylation is 1. The highest BCUT2D eigenvalue weighted by atomic mass is 16.5. The number of carbonyl (C=O) groups is 1. The minimum atomic E-state index is -0.295. The third-order valence-electron chi connectivity index (χ3n) is 4.67. The zero-order valence-electron chi connectivity index (χ0n) is 17.0. The Kier molecular flexibility index (Phi) is 7.08. The van der Waals surface area contributed by atoms with E-state index in [4.69, 9.17) is 14.2 Å². The number of carbonyl (C=O) groups excluding carboxylic acids is 1. The lowest BCUT2D eigenvalue weighted by Crippen LogP contribution is -2.36. The number of benzene rings is 2. The summed E-state index contributed by atoms with van der Waals surface area (Å²) in [6, 6.07) is 12.9. The first-order valence-electron chi connectivity index (χ1n) is 9.62. The standard InChI is InChI=1S/C22H27N3O4/c1-15-6-9-17(10-7-15)24-22(23-14-18-5-4-12-29-18)25-21(26)16-8-11-19(27-2)20(13-16)28-3/h6-11,13,18H,4-5,12,14H2,1-3H3,(H2,23,24,25,26). The number of nitrogens with zero attached hydrogens (tertiary/aromatic N) is 1. The second kappa shape index (κ2) is 9.93. The van der Waals surface area contributed by atoms with Crippen LogP contribution in [0.5, 0.6) is 11.5 Å². The molecule has 29 heavy (non-hydrogen) atoms. The molecule has 1 fully saturated rings. The monoisotopic (exact) mass is 397 g/mol. The molecular formula is C22H27N3O4. The molecule has 0 aliphatic carbocycles. The predicted molar refractivity (Wildman–Crippen MR) is 113 cm³/mol. The number of ether oxygens (including phenoxy) is 3. The summed E-state index contributed by atoms with van der Waals surface area (Å²) < 4.78 is 16.2. The van der Waals surface area contributed by atoms with E-state index >= 15 is 0 Å². The summed E-state index contributed by atoms with van der Waals surface area (Å²) in [5, 5.41) is 6.05. The van der Waals surface area contributed by atoms with Crippen LogP contribution in [0.2, 0.25) is 0 Å². The van der Waals surface area contributed by atoms with Gasteiger partial charge >= 0.3 is 0 Å². The summed E-state index contributed by atoms with van der Waals surface area (Å²) in [5.74, 6) is 1.14. The van der Waals surface area contributed by atoms with Crippen LogP contribution in [0.1, 0.15) is 28.8 Å². The number of amides is 1. The summed E-state index contributed by atoms with van der Waals surface area (Å²) in [6.45, 7) is 3.27. The molecule has 7 heteroatoms. The molecule has 1 atom stereocenters. The van der Waals surface area contributed by atoms with Crippen LogP contribution in [-0.2, 0) is 4.74 Å². The van der Waals surface area contributed by atoms with E-state index in [0.29, 0.717) is 29.6 Å². The van der Waals surface area contributed by atoms with Gasteiger partial charge in [0.05, 0.1) is 26.9 Å². The average Bonchev–Trinajstić information content (AvgIpc) is 3.26. The number of guanidine groups is 1. The van der Waals surface area contributed by atoms with Crippen LogP contribution in [0.3, 0.4) is 0 Å². The highest BCUT2D eigenvalue weighted by Gasteiger charge is 2.17. The van der Waals surface area contributed by atoms with Gasteiger partial charge in [-0.05, 0) is 50.1 Å². The minimum Gasteiger partial charge on any atom is -0.493 e. The van der Waals surface area contributed by atoms with E-state index in [1.807, 2.05) is 31.2 Å². The van der Waals surface area contributed by atoms with Gasteiger partial charge in [-0.25, -0.2) is 4.99 Å².